The number of rotatable bonds is 5. The van der Waals surface area contributed by atoms with Crippen molar-refractivity contribution in [3.8, 4) is 0 Å². The number of hydrogen-bond donors (Lipinski definition) is 1. The summed E-state index contributed by atoms with van der Waals surface area (Å²) in [5.41, 5.74) is 1.52. The van der Waals surface area contributed by atoms with Crippen LogP contribution in [0.2, 0.25) is 0 Å². The molecule has 1 N–H and O–H groups in total. The summed E-state index contributed by atoms with van der Waals surface area (Å²) in [7, 11) is 0. The van der Waals surface area contributed by atoms with Crippen LogP contribution in [0.25, 0.3) is 0 Å². The van der Waals surface area contributed by atoms with Gasteiger partial charge in [-0.3, -0.25) is 14.7 Å². The average Bonchev–Trinajstić information content (AvgIpc) is 3.28. The molecule has 1 atom stereocenters. The second-order valence-corrected chi connectivity index (χ2v) is 7.51. The van der Waals surface area contributed by atoms with Crippen molar-refractivity contribution in [3.05, 3.63) is 64.6 Å². The van der Waals surface area contributed by atoms with Gasteiger partial charge in [0.15, 0.2) is 0 Å². The quantitative estimate of drug-likeness (QED) is 0.753. The van der Waals surface area contributed by atoms with Gasteiger partial charge in [0.05, 0.1) is 30.0 Å². The zero-order valence-corrected chi connectivity index (χ0v) is 15.4. The molecular weight excluding hydrogens is 346 g/mol. The summed E-state index contributed by atoms with van der Waals surface area (Å²) in [5.74, 6) is 0.966. The number of carbonyl (C=O) groups is 1. The summed E-state index contributed by atoms with van der Waals surface area (Å²) < 4.78 is 2.18. The van der Waals surface area contributed by atoms with Crippen molar-refractivity contribution >= 4 is 22.9 Å². The summed E-state index contributed by atoms with van der Waals surface area (Å²) in [6.07, 6.45) is 5.60. The van der Waals surface area contributed by atoms with Crippen LogP contribution in [0.1, 0.15) is 29.4 Å². The minimum absolute atomic E-state index is 0.0726. The fourth-order valence-corrected chi connectivity index (χ4v) is 4.03. The third-order valence-electron chi connectivity index (χ3n) is 4.63. The standard InChI is InChI=1S/C19H21N5OS/c1-14-19-22-16(10-18(25)21-15-4-2-6-20-11-15)12-24(19)8-7-23(14)13-17-5-3-9-26-17/h2-6,9,11-12,14H,7-8,10,13H2,1H3,(H,21,25). The first-order valence-electron chi connectivity index (χ1n) is 8.71. The van der Waals surface area contributed by atoms with E-state index in [0.717, 1.165) is 31.2 Å². The van der Waals surface area contributed by atoms with Crippen LogP contribution in [0.4, 0.5) is 5.69 Å². The number of aromatic nitrogens is 3. The SMILES string of the molecule is CC1c2nc(CC(=O)Nc3cccnc3)cn2CCN1Cc1cccs1. The van der Waals surface area contributed by atoms with E-state index in [4.69, 9.17) is 4.98 Å². The molecule has 0 radical (unpaired) electrons. The highest BCUT2D eigenvalue weighted by Gasteiger charge is 2.26. The molecule has 0 spiro atoms. The minimum Gasteiger partial charge on any atom is -0.332 e. The summed E-state index contributed by atoms with van der Waals surface area (Å²) >= 11 is 1.79. The van der Waals surface area contributed by atoms with Gasteiger partial charge in [-0.1, -0.05) is 6.07 Å². The molecule has 1 aliphatic heterocycles. The number of nitrogens with zero attached hydrogens (tertiary/aromatic N) is 4. The van der Waals surface area contributed by atoms with Gasteiger partial charge in [0, 0.05) is 36.9 Å². The molecule has 0 aliphatic carbocycles. The van der Waals surface area contributed by atoms with Crippen molar-refractivity contribution in [1.82, 2.24) is 19.4 Å². The Morgan fingerprint density at radius 1 is 1.35 bits per heavy atom. The highest BCUT2D eigenvalue weighted by molar-refractivity contribution is 7.09. The van der Waals surface area contributed by atoms with Gasteiger partial charge < -0.3 is 9.88 Å². The summed E-state index contributed by atoms with van der Waals surface area (Å²) in [6.45, 7) is 5.03. The first kappa shape index (κ1) is 16.9. The van der Waals surface area contributed by atoms with Crippen LogP contribution in [0.3, 0.4) is 0 Å². The number of pyridine rings is 1. The Hall–Kier alpha value is -2.51. The van der Waals surface area contributed by atoms with E-state index in [0.29, 0.717) is 5.69 Å². The van der Waals surface area contributed by atoms with Gasteiger partial charge in [-0.2, -0.15) is 0 Å². The molecule has 1 amide bonds. The van der Waals surface area contributed by atoms with E-state index in [9.17, 15) is 4.79 Å². The van der Waals surface area contributed by atoms with E-state index in [1.165, 1.54) is 4.88 Å². The molecule has 7 heteroatoms. The predicted molar refractivity (Wildman–Crippen MR) is 102 cm³/mol. The molecule has 26 heavy (non-hydrogen) atoms. The molecule has 0 fully saturated rings. The number of imidazole rings is 1. The topological polar surface area (TPSA) is 63.1 Å². The molecule has 3 aromatic heterocycles. The van der Waals surface area contributed by atoms with Gasteiger partial charge in [-0.25, -0.2) is 4.98 Å². The average molecular weight is 367 g/mol. The number of fused-ring (bicyclic) bond motifs is 1. The highest BCUT2D eigenvalue weighted by atomic mass is 32.1. The minimum atomic E-state index is -0.0726. The van der Waals surface area contributed by atoms with Crippen molar-refractivity contribution in [2.75, 3.05) is 11.9 Å². The predicted octanol–water partition coefficient (Wildman–Crippen LogP) is 3.10. The molecule has 4 rings (SSSR count). The zero-order valence-electron chi connectivity index (χ0n) is 14.6. The maximum Gasteiger partial charge on any atom is 0.230 e. The van der Waals surface area contributed by atoms with Crippen molar-refractivity contribution in [2.45, 2.75) is 32.5 Å². The lowest BCUT2D eigenvalue weighted by atomic mass is 10.2. The number of amides is 1. The van der Waals surface area contributed by atoms with Gasteiger partial charge in [0.1, 0.15) is 5.82 Å². The molecule has 6 nitrogen and oxygen atoms in total. The van der Waals surface area contributed by atoms with Gasteiger partial charge in [0.25, 0.3) is 0 Å². The Bertz CT molecular complexity index is 875. The van der Waals surface area contributed by atoms with Crippen molar-refractivity contribution < 1.29 is 4.79 Å². The van der Waals surface area contributed by atoms with Crippen LogP contribution in [-0.2, 0) is 24.3 Å². The largest absolute Gasteiger partial charge is 0.332 e. The molecule has 1 unspecified atom stereocenters. The van der Waals surface area contributed by atoms with Gasteiger partial charge >= 0.3 is 0 Å². The molecule has 1 aliphatic rings. The molecule has 0 saturated carbocycles. The van der Waals surface area contributed by atoms with E-state index >= 15 is 0 Å². The molecule has 0 aromatic carbocycles. The van der Waals surface area contributed by atoms with Crippen LogP contribution in [0.5, 0.6) is 0 Å². The van der Waals surface area contributed by atoms with E-state index in [1.807, 2.05) is 12.3 Å². The third kappa shape index (κ3) is 3.68. The third-order valence-corrected chi connectivity index (χ3v) is 5.49. The van der Waals surface area contributed by atoms with Crippen LogP contribution >= 0.6 is 11.3 Å². The Labute approximate surface area is 156 Å². The molecule has 4 heterocycles. The lowest BCUT2D eigenvalue weighted by Gasteiger charge is -2.33. The van der Waals surface area contributed by atoms with Crippen molar-refractivity contribution in [3.63, 3.8) is 0 Å². The normalized spacial score (nSPS) is 17.0. The molecule has 0 saturated heterocycles. The van der Waals surface area contributed by atoms with Crippen LogP contribution in [-0.4, -0.2) is 31.9 Å². The van der Waals surface area contributed by atoms with Crippen molar-refractivity contribution in [2.24, 2.45) is 0 Å². The lowest BCUT2D eigenvalue weighted by molar-refractivity contribution is -0.115. The Morgan fingerprint density at radius 3 is 3.04 bits per heavy atom. The molecule has 134 valence electrons. The number of hydrogen-bond acceptors (Lipinski definition) is 5. The van der Waals surface area contributed by atoms with Crippen molar-refractivity contribution in [1.29, 1.82) is 0 Å². The second-order valence-electron chi connectivity index (χ2n) is 6.48. The number of nitrogens with one attached hydrogen (secondary N) is 1. The fourth-order valence-electron chi connectivity index (χ4n) is 3.30. The van der Waals surface area contributed by atoms with E-state index in [1.54, 1.807) is 29.8 Å². The Kier molecular flexibility index (Phi) is 4.81. The van der Waals surface area contributed by atoms with E-state index in [-0.39, 0.29) is 18.4 Å². The smallest absolute Gasteiger partial charge is 0.230 e. The fraction of sp³-hybridized carbons (Fsp3) is 0.316. The number of thiophene rings is 1. The summed E-state index contributed by atoms with van der Waals surface area (Å²) in [6, 6.07) is 8.13. The van der Waals surface area contributed by atoms with Gasteiger partial charge in [-0.15, -0.1) is 11.3 Å². The van der Waals surface area contributed by atoms with Gasteiger partial charge in [-0.05, 0) is 30.5 Å². The maximum absolute atomic E-state index is 12.3. The van der Waals surface area contributed by atoms with Crippen LogP contribution in [0, 0.1) is 0 Å². The second kappa shape index (κ2) is 7.39. The number of anilines is 1. The summed E-state index contributed by atoms with van der Waals surface area (Å²) in [5, 5.41) is 4.98. The van der Waals surface area contributed by atoms with Gasteiger partial charge in [0.2, 0.25) is 5.91 Å². The lowest BCUT2D eigenvalue weighted by Crippen LogP contribution is -2.36. The highest BCUT2D eigenvalue weighted by Crippen LogP contribution is 2.27. The number of carbonyl (C=O) groups excluding carboxylic acids is 1. The van der Waals surface area contributed by atoms with Crippen LogP contribution in [0.15, 0.2) is 48.2 Å². The molecular formula is C19H21N5OS. The van der Waals surface area contributed by atoms with E-state index < -0.39 is 0 Å². The first-order chi connectivity index (χ1) is 12.7. The zero-order chi connectivity index (χ0) is 17.9. The molecule has 3 aromatic rings. The Morgan fingerprint density at radius 2 is 2.27 bits per heavy atom. The van der Waals surface area contributed by atoms with Crippen LogP contribution < -0.4 is 5.32 Å². The van der Waals surface area contributed by atoms with E-state index in [2.05, 4.69) is 44.2 Å². The first-order valence-corrected chi connectivity index (χ1v) is 9.59. The monoisotopic (exact) mass is 367 g/mol. The summed E-state index contributed by atoms with van der Waals surface area (Å²) in [4.78, 5) is 24.8. The maximum atomic E-state index is 12.3. The molecule has 0 bridgehead atoms. The Balaban J connectivity index is 1.42.